The molecular weight excluding hydrogens is 426 g/mol. The summed E-state index contributed by atoms with van der Waals surface area (Å²) in [5, 5.41) is 5.75. The summed E-state index contributed by atoms with van der Waals surface area (Å²) < 4.78 is 16.5. The van der Waals surface area contributed by atoms with Gasteiger partial charge in [0.05, 0.1) is 7.11 Å². The molecule has 0 fully saturated rings. The number of thiocarbonyl (C=S) groups is 1. The fraction of sp³-hybridized carbons (Fsp3) is 0.125. The van der Waals surface area contributed by atoms with Crippen LogP contribution in [0.3, 0.4) is 0 Å². The van der Waals surface area contributed by atoms with E-state index >= 15 is 0 Å². The quantitative estimate of drug-likeness (QED) is 0.414. The van der Waals surface area contributed by atoms with E-state index in [1.165, 1.54) is 0 Å². The Kier molecular flexibility index (Phi) is 6.32. The summed E-state index contributed by atoms with van der Waals surface area (Å²) in [4.78, 5) is 16.6. The van der Waals surface area contributed by atoms with Gasteiger partial charge in [0, 0.05) is 11.3 Å². The van der Waals surface area contributed by atoms with Crippen LogP contribution in [0, 0.1) is 6.92 Å². The lowest BCUT2D eigenvalue weighted by Crippen LogP contribution is -2.37. The van der Waals surface area contributed by atoms with Crippen molar-refractivity contribution < 1.29 is 18.7 Å². The third kappa shape index (κ3) is 5.22. The van der Waals surface area contributed by atoms with E-state index < -0.39 is 0 Å². The number of anilines is 1. The molecule has 0 unspecified atom stereocenters. The van der Waals surface area contributed by atoms with Crippen LogP contribution in [0.15, 0.2) is 71.1 Å². The summed E-state index contributed by atoms with van der Waals surface area (Å²) in [6, 6.07) is 20.3. The van der Waals surface area contributed by atoms with Gasteiger partial charge in [-0.05, 0) is 73.7 Å². The molecule has 1 aromatic heterocycles. The molecule has 3 aromatic carbocycles. The molecule has 1 heterocycles. The molecule has 0 aliphatic rings. The molecule has 2 N–H and O–H groups in total. The Morgan fingerprint density at radius 3 is 2.47 bits per heavy atom. The highest BCUT2D eigenvalue weighted by Gasteiger charge is 2.11. The zero-order valence-corrected chi connectivity index (χ0v) is 18.4. The van der Waals surface area contributed by atoms with Crippen LogP contribution in [0.5, 0.6) is 11.5 Å². The van der Waals surface area contributed by atoms with Crippen molar-refractivity contribution in [2.75, 3.05) is 19.0 Å². The maximum Gasteiger partial charge on any atom is 0.264 e. The number of hydrogen-bond acceptors (Lipinski definition) is 6. The van der Waals surface area contributed by atoms with Gasteiger partial charge in [0.1, 0.15) is 17.0 Å². The molecule has 0 saturated heterocycles. The smallest absolute Gasteiger partial charge is 0.264 e. The second-order valence-electron chi connectivity index (χ2n) is 7.03. The number of hydrogen-bond donors (Lipinski definition) is 2. The molecule has 4 aromatic rings. The van der Waals surface area contributed by atoms with Crippen LogP contribution in [0.25, 0.3) is 22.6 Å². The first-order valence-corrected chi connectivity index (χ1v) is 10.3. The molecule has 0 saturated carbocycles. The number of aromatic nitrogens is 1. The van der Waals surface area contributed by atoms with Crippen molar-refractivity contribution in [2.45, 2.75) is 6.92 Å². The highest BCUT2D eigenvalue weighted by atomic mass is 32.1. The molecule has 0 spiro atoms. The number of ether oxygens (including phenoxy) is 2. The number of aryl methyl sites for hydroxylation is 1. The molecule has 32 heavy (non-hydrogen) atoms. The lowest BCUT2D eigenvalue weighted by molar-refractivity contribution is -0.121. The van der Waals surface area contributed by atoms with Crippen LogP contribution in [0.4, 0.5) is 5.69 Å². The van der Waals surface area contributed by atoms with E-state index in [0.717, 1.165) is 16.9 Å². The third-order valence-electron chi connectivity index (χ3n) is 4.63. The van der Waals surface area contributed by atoms with Crippen LogP contribution in [0.1, 0.15) is 5.56 Å². The fourth-order valence-electron chi connectivity index (χ4n) is 2.97. The summed E-state index contributed by atoms with van der Waals surface area (Å²) in [6.45, 7) is 1.84. The average molecular weight is 448 g/mol. The molecule has 1 amide bonds. The highest BCUT2D eigenvalue weighted by molar-refractivity contribution is 7.80. The summed E-state index contributed by atoms with van der Waals surface area (Å²) in [7, 11) is 1.62. The van der Waals surface area contributed by atoms with Crippen LogP contribution in [-0.4, -0.2) is 29.7 Å². The van der Waals surface area contributed by atoms with Gasteiger partial charge in [-0.15, -0.1) is 0 Å². The van der Waals surface area contributed by atoms with Gasteiger partial charge in [-0.25, -0.2) is 4.98 Å². The van der Waals surface area contributed by atoms with Gasteiger partial charge in [-0.2, -0.15) is 0 Å². The second kappa shape index (κ2) is 9.49. The molecule has 0 atom stereocenters. The Labute approximate surface area is 190 Å². The number of oxazole rings is 1. The number of carbonyl (C=O) groups excluding carboxylic acids is 1. The van der Waals surface area contributed by atoms with Crippen molar-refractivity contribution in [3.05, 3.63) is 72.3 Å². The molecular formula is C24H21N3O4S. The Balaban J connectivity index is 1.36. The van der Waals surface area contributed by atoms with Gasteiger partial charge in [0.15, 0.2) is 17.3 Å². The van der Waals surface area contributed by atoms with Crippen LogP contribution < -0.4 is 20.1 Å². The van der Waals surface area contributed by atoms with E-state index in [0.29, 0.717) is 28.4 Å². The number of nitrogens with one attached hydrogen (secondary N) is 2. The predicted octanol–water partition coefficient (Wildman–Crippen LogP) is 4.70. The Morgan fingerprint density at radius 2 is 1.75 bits per heavy atom. The zero-order chi connectivity index (χ0) is 22.5. The van der Waals surface area contributed by atoms with Gasteiger partial charge in [-0.3, -0.25) is 10.1 Å². The lowest BCUT2D eigenvalue weighted by Gasteiger charge is -2.10. The summed E-state index contributed by atoms with van der Waals surface area (Å²) in [5.74, 6) is 1.53. The summed E-state index contributed by atoms with van der Waals surface area (Å²) in [5.41, 5.74) is 3.94. The van der Waals surface area contributed by atoms with E-state index in [9.17, 15) is 4.79 Å². The van der Waals surface area contributed by atoms with E-state index in [1.807, 2.05) is 55.5 Å². The predicted molar refractivity (Wildman–Crippen MR) is 127 cm³/mol. The van der Waals surface area contributed by atoms with Crippen molar-refractivity contribution in [3.8, 4) is 23.0 Å². The zero-order valence-electron chi connectivity index (χ0n) is 17.5. The van der Waals surface area contributed by atoms with Gasteiger partial charge in [-0.1, -0.05) is 17.7 Å². The summed E-state index contributed by atoms with van der Waals surface area (Å²) >= 11 is 5.23. The summed E-state index contributed by atoms with van der Waals surface area (Å²) in [6.07, 6.45) is 0. The minimum atomic E-state index is -0.354. The van der Waals surface area contributed by atoms with Crippen molar-refractivity contribution >= 4 is 40.0 Å². The first kappa shape index (κ1) is 21.3. The SMILES string of the molecule is COc1ccc(-c2nc3cc(NC(=S)NC(=O)COc4ccc(C)cc4)ccc3o2)cc1. The lowest BCUT2D eigenvalue weighted by atomic mass is 10.2. The van der Waals surface area contributed by atoms with Crippen LogP contribution >= 0.6 is 12.2 Å². The first-order chi connectivity index (χ1) is 15.5. The van der Waals surface area contributed by atoms with E-state index in [-0.39, 0.29) is 17.6 Å². The maximum atomic E-state index is 12.1. The number of methoxy groups -OCH3 is 1. The van der Waals surface area contributed by atoms with E-state index in [2.05, 4.69) is 15.6 Å². The number of benzene rings is 3. The largest absolute Gasteiger partial charge is 0.497 e. The van der Waals surface area contributed by atoms with Gasteiger partial charge < -0.3 is 19.2 Å². The number of carbonyl (C=O) groups is 1. The van der Waals surface area contributed by atoms with Gasteiger partial charge in [0.2, 0.25) is 5.89 Å². The molecule has 7 nitrogen and oxygen atoms in total. The third-order valence-corrected chi connectivity index (χ3v) is 4.83. The number of nitrogens with zero attached hydrogens (tertiary/aromatic N) is 1. The fourth-order valence-corrected chi connectivity index (χ4v) is 3.20. The van der Waals surface area contributed by atoms with Crippen molar-refractivity contribution in [1.29, 1.82) is 0 Å². The minimum absolute atomic E-state index is 0.140. The molecule has 0 radical (unpaired) electrons. The molecule has 4 rings (SSSR count). The number of amides is 1. The van der Waals surface area contributed by atoms with Crippen LogP contribution in [-0.2, 0) is 4.79 Å². The normalized spacial score (nSPS) is 10.6. The van der Waals surface area contributed by atoms with Gasteiger partial charge in [0.25, 0.3) is 5.91 Å². The van der Waals surface area contributed by atoms with Crippen molar-refractivity contribution in [3.63, 3.8) is 0 Å². The Bertz CT molecular complexity index is 1250. The molecule has 0 aliphatic heterocycles. The topological polar surface area (TPSA) is 85.6 Å². The molecule has 162 valence electrons. The molecule has 0 aliphatic carbocycles. The average Bonchev–Trinajstić information content (AvgIpc) is 3.22. The monoisotopic (exact) mass is 447 g/mol. The molecule has 8 heteroatoms. The van der Waals surface area contributed by atoms with Crippen molar-refractivity contribution in [1.82, 2.24) is 10.3 Å². The standard InChI is InChI=1S/C24H21N3O4S/c1-15-3-8-19(9-4-15)30-14-22(28)27-24(32)25-17-7-12-21-20(13-17)26-23(31-21)16-5-10-18(29-2)11-6-16/h3-13H,14H2,1-2H3,(H2,25,27,28,32). The number of fused-ring (bicyclic) bond motifs is 1. The highest BCUT2D eigenvalue weighted by Crippen LogP contribution is 2.27. The second-order valence-corrected chi connectivity index (χ2v) is 7.44. The van der Waals surface area contributed by atoms with Gasteiger partial charge >= 0.3 is 0 Å². The van der Waals surface area contributed by atoms with Crippen LogP contribution in [0.2, 0.25) is 0 Å². The maximum absolute atomic E-state index is 12.1. The van der Waals surface area contributed by atoms with E-state index in [1.54, 1.807) is 25.3 Å². The minimum Gasteiger partial charge on any atom is -0.497 e. The number of rotatable bonds is 6. The molecule has 0 bridgehead atoms. The Morgan fingerprint density at radius 1 is 1.03 bits per heavy atom. The first-order valence-electron chi connectivity index (χ1n) is 9.85. The van der Waals surface area contributed by atoms with E-state index in [4.69, 9.17) is 26.1 Å². The van der Waals surface area contributed by atoms with Crippen molar-refractivity contribution in [2.24, 2.45) is 0 Å². The Hall–Kier alpha value is -3.91.